The molecule has 0 atom stereocenters. The topological polar surface area (TPSA) is 39.1 Å². The molecule has 0 bridgehead atoms. The number of alkyl halides is 3. The van der Waals surface area contributed by atoms with Crippen molar-refractivity contribution in [2.75, 3.05) is 0 Å². The van der Waals surface area contributed by atoms with Crippen molar-refractivity contribution >= 4 is 9.84 Å². The lowest BCUT2D eigenvalue weighted by molar-refractivity contribution is -0.143. The Morgan fingerprint density at radius 1 is 0.923 bits per heavy atom. The summed E-state index contributed by atoms with van der Waals surface area (Å²) in [5, 5.41) is 0. The van der Waals surface area contributed by atoms with Gasteiger partial charge in [-0.05, 0) is 30.7 Å². The summed E-state index contributed by atoms with van der Waals surface area (Å²) < 4.78 is 66.5. The van der Waals surface area contributed by atoms with E-state index < -0.39 is 21.7 Å². The van der Waals surface area contributed by atoms with Crippen molar-refractivity contribution in [1.82, 2.24) is 4.57 Å². The lowest BCUT2D eigenvalue weighted by Gasteiger charge is -2.11. The van der Waals surface area contributed by atoms with E-state index in [0.717, 1.165) is 16.3 Å². The smallest absolute Gasteiger partial charge is 0.338 e. The van der Waals surface area contributed by atoms with Gasteiger partial charge in [0.25, 0.3) is 0 Å². The zero-order chi connectivity index (χ0) is 18.9. The van der Waals surface area contributed by atoms with Crippen LogP contribution in [0.3, 0.4) is 0 Å². The van der Waals surface area contributed by atoms with Gasteiger partial charge >= 0.3 is 6.18 Å². The molecule has 3 nitrogen and oxygen atoms in total. The second-order valence-corrected chi connectivity index (χ2v) is 7.94. The van der Waals surface area contributed by atoms with Crippen molar-refractivity contribution in [2.45, 2.75) is 29.4 Å². The highest BCUT2D eigenvalue weighted by Gasteiger charge is 2.36. The minimum absolute atomic E-state index is 0.0336. The fraction of sp³-hybridized carbons (Fsp3) is 0.158. The Kier molecular flexibility index (Phi) is 4.66. The summed E-state index contributed by atoms with van der Waals surface area (Å²) >= 11 is 0. The van der Waals surface area contributed by atoms with Crippen LogP contribution < -0.4 is 0 Å². The number of rotatable bonds is 4. The SMILES string of the molecule is Cc1ccc(S(=O)(=O)c2cc(C(F)(F)F)n(Cc3ccccc3)c2)cc1. The molecule has 26 heavy (non-hydrogen) atoms. The summed E-state index contributed by atoms with van der Waals surface area (Å²) in [4.78, 5) is -0.404. The van der Waals surface area contributed by atoms with Crippen molar-refractivity contribution in [3.05, 3.63) is 83.7 Å². The zero-order valence-electron chi connectivity index (χ0n) is 13.9. The molecule has 0 aliphatic rings. The van der Waals surface area contributed by atoms with E-state index in [4.69, 9.17) is 0 Å². The molecule has 136 valence electrons. The van der Waals surface area contributed by atoms with Crippen molar-refractivity contribution < 1.29 is 21.6 Å². The number of aromatic nitrogens is 1. The predicted octanol–water partition coefficient (Wildman–Crippen LogP) is 4.70. The zero-order valence-corrected chi connectivity index (χ0v) is 14.7. The van der Waals surface area contributed by atoms with E-state index in [1.807, 2.05) is 0 Å². The van der Waals surface area contributed by atoms with Gasteiger partial charge in [0.1, 0.15) is 5.69 Å². The maximum atomic E-state index is 13.4. The van der Waals surface area contributed by atoms with Crippen molar-refractivity contribution in [3.63, 3.8) is 0 Å². The Labute approximate surface area is 149 Å². The second-order valence-electron chi connectivity index (χ2n) is 5.99. The minimum Gasteiger partial charge on any atom is -0.338 e. The molecule has 7 heteroatoms. The molecule has 0 radical (unpaired) electrons. The molecule has 1 heterocycles. The van der Waals surface area contributed by atoms with Gasteiger partial charge in [-0.3, -0.25) is 0 Å². The lowest BCUT2D eigenvalue weighted by Crippen LogP contribution is -2.13. The van der Waals surface area contributed by atoms with Gasteiger partial charge in [0.2, 0.25) is 9.84 Å². The predicted molar refractivity (Wildman–Crippen MR) is 91.6 cm³/mol. The van der Waals surface area contributed by atoms with Gasteiger partial charge < -0.3 is 4.57 Å². The molecular weight excluding hydrogens is 363 g/mol. The quantitative estimate of drug-likeness (QED) is 0.659. The summed E-state index contributed by atoms with van der Waals surface area (Å²) in [6.45, 7) is 1.73. The molecule has 0 unspecified atom stereocenters. The van der Waals surface area contributed by atoms with Crippen LogP contribution in [0.15, 0.2) is 76.7 Å². The molecule has 3 rings (SSSR count). The highest BCUT2D eigenvalue weighted by atomic mass is 32.2. The molecule has 0 N–H and O–H groups in total. The van der Waals surface area contributed by atoms with E-state index >= 15 is 0 Å². The Hall–Kier alpha value is -2.54. The summed E-state index contributed by atoms with van der Waals surface area (Å²) in [7, 11) is -4.03. The molecule has 0 saturated heterocycles. The van der Waals surface area contributed by atoms with Gasteiger partial charge in [-0.2, -0.15) is 13.2 Å². The molecule has 1 aromatic heterocycles. The summed E-state index contributed by atoms with van der Waals surface area (Å²) in [5.41, 5.74) is 0.515. The number of sulfone groups is 1. The summed E-state index contributed by atoms with van der Waals surface area (Å²) in [6.07, 6.45) is -3.61. The van der Waals surface area contributed by atoms with E-state index in [0.29, 0.717) is 11.6 Å². The largest absolute Gasteiger partial charge is 0.431 e. The Morgan fingerprint density at radius 2 is 1.54 bits per heavy atom. The Bertz CT molecular complexity index is 1010. The van der Waals surface area contributed by atoms with Crippen LogP contribution >= 0.6 is 0 Å². The average molecular weight is 379 g/mol. The third-order valence-corrected chi connectivity index (χ3v) is 5.74. The maximum Gasteiger partial charge on any atom is 0.431 e. The van der Waals surface area contributed by atoms with Crippen LogP contribution in [0.4, 0.5) is 13.2 Å². The molecule has 0 saturated carbocycles. The van der Waals surface area contributed by atoms with Crippen molar-refractivity contribution in [3.8, 4) is 0 Å². The van der Waals surface area contributed by atoms with Crippen LogP contribution in [0, 0.1) is 6.92 Å². The van der Waals surface area contributed by atoms with E-state index in [2.05, 4.69) is 0 Å². The van der Waals surface area contributed by atoms with Crippen LogP contribution in [0.5, 0.6) is 0 Å². The third-order valence-electron chi connectivity index (χ3n) is 4.00. The van der Waals surface area contributed by atoms with Gasteiger partial charge in [0.05, 0.1) is 9.79 Å². The number of hydrogen-bond acceptors (Lipinski definition) is 2. The molecule has 3 aromatic rings. The van der Waals surface area contributed by atoms with E-state index in [1.165, 1.54) is 12.1 Å². The van der Waals surface area contributed by atoms with Crippen molar-refractivity contribution in [2.24, 2.45) is 0 Å². The number of benzene rings is 2. The second kappa shape index (κ2) is 6.64. The van der Waals surface area contributed by atoms with Crippen LogP contribution in [-0.4, -0.2) is 13.0 Å². The molecule has 0 amide bonds. The first-order chi connectivity index (χ1) is 12.2. The lowest BCUT2D eigenvalue weighted by atomic mass is 10.2. The average Bonchev–Trinajstić information content (AvgIpc) is 3.01. The normalized spacial score (nSPS) is 12.3. The number of nitrogens with zero attached hydrogens (tertiary/aromatic N) is 1. The first kappa shape index (κ1) is 18.3. The van der Waals surface area contributed by atoms with Crippen LogP contribution in [0.2, 0.25) is 0 Å². The molecule has 0 fully saturated rings. The van der Waals surface area contributed by atoms with Gasteiger partial charge in [-0.15, -0.1) is 0 Å². The number of halogens is 3. The summed E-state index contributed by atoms with van der Waals surface area (Å²) in [6, 6.07) is 15.3. The van der Waals surface area contributed by atoms with Crippen LogP contribution in [0.25, 0.3) is 0 Å². The van der Waals surface area contributed by atoms with Crippen LogP contribution in [-0.2, 0) is 22.6 Å². The number of hydrogen-bond donors (Lipinski definition) is 0. The molecule has 0 spiro atoms. The van der Waals surface area contributed by atoms with Gasteiger partial charge in [-0.1, -0.05) is 48.0 Å². The minimum atomic E-state index is -4.66. The fourth-order valence-electron chi connectivity index (χ4n) is 2.63. The summed E-state index contributed by atoms with van der Waals surface area (Å²) in [5.74, 6) is 0. The molecule has 0 aliphatic carbocycles. The standard InChI is InChI=1S/C19H16F3NO2S/c1-14-7-9-16(10-8-14)26(24,25)17-11-18(19(20,21)22)23(13-17)12-15-5-3-2-4-6-15/h2-11,13H,12H2,1H3. The molecular formula is C19H16F3NO2S. The Morgan fingerprint density at radius 3 is 2.12 bits per heavy atom. The van der Waals surface area contributed by atoms with Gasteiger partial charge in [0.15, 0.2) is 0 Å². The Balaban J connectivity index is 2.07. The van der Waals surface area contributed by atoms with E-state index in [1.54, 1.807) is 49.4 Å². The highest BCUT2D eigenvalue weighted by Crippen LogP contribution is 2.34. The maximum absolute atomic E-state index is 13.4. The van der Waals surface area contributed by atoms with Crippen molar-refractivity contribution in [1.29, 1.82) is 0 Å². The van der Waals surface area contributed by atoms with Gasteiger partial charge in [-0.25, -0.2) is 8.42 Å². The fourth-order valence-corrected chi connectivity index (χ4v) is 3.93. The first-order valence-electron chi connectivity index (χ1n) is 7.81. The van der Waals surface area contributed by atoms with E-state index in [9.17, 15) is 21.6 Å². The highest BCUT2D eigenvalue weighted by molar-refractivity contribution is 7.91. The van der Waals surface area contributed by atoms with Crippen LogP contribution in [0.1, 0.15) is 16.8 Å². The molecule has 0 aliphatic heterocycles. The van der Waals surface area contributed by atoms with E-state index in [-0.39, 0.29) is 16.3 Å². The third kappa shape index (κ3) is 3.67. The monoisotopic (exact) mass is 379 g/mol. The molecule has 2 aromatic carbocycles. The first-order valence-corrected chi connectivity index (χ1v) is 9.29. The number of aryl methyl sites for hydroxylation is 1. The van der Waals surface area contributed by atoms with Gasteiger partial charge in [0, 0.05) is 12.7 Å².